The van der Waals surface area contributed by atoms with E-state index in [2.05, 4.69) is 37.1 Å². The summed E-state index contributed by atoms with van der Waals surface area (Å²) >= 11 is 18.3. The van der Waals surface area contributed by atoms with Gasteiger partial charge in [-0.2, -0.15) is 0 Å². The van der Waals surface area contributed by atoms with Crippen molar-refractivity contribution in [1.29, 1.82) is 0 Å². The maximum Gasteiger partial charge on any atom is 0.179 e. The van der Waals surface area contributed by atoms with Gasteiger partial charge >= 0.3 is 0 Å². The zero-order chi connectivity index (χ0) is 24.5. The predicted molar refractivity (Wildman–Crippen MR) is 148 cm³/mol. The van der Waals surface area contributed by atoms with Crippen molar-refractivity contribution in [2.24, 2.45) is 10.4 Å². The fraction of sp³-hybridized carbons (Fsp3) is 0.407. The molecule has 0 amide bonds. The fourth-order valence-electron chi connectivity index (χ4n) is 4.82. The van der Waals surface area contributed by atoms with E-state index in [9.17, 15) is 5.11 Å². The first-order valence-electron chi connectivity index (χ1n) is 11.7. The third kappa shape index (κ3) is 5.12. The minimum atomic E-state index is -0.335. The molecule has 2 N–H and O–H groups in total. The molecule has 34 heavy (non-hydrogen) atoms. The molecule has 0 bridgehead atoms. The topological polar surface area (TPSA) is 47.9 Å². The molecule has 7 heteroatoms. The van der Waals surface area contributed by atoms with Crippen LogP contribution in [0.4, 0.5) is 5.69 Å². The number of phenols is 1. The van der Waals surface area contributed by atoms with Gasteiger partial charge in [-0.3, -0.25) is 4.99 Å². The van der Waals surface area contributed by atoms with Crippen molar-refractivity contribution in [3.8, 4) is 5.75 Å². The van der Waals surface area contributed by atoms with Crippen molar-refractivity contribution < 1.29 is 5.11 Å². The van der Waals surface area contributed by atoms with Gasteiger partial charge in [-0.05, 0) is 60.3 Å². The SMILES string of the molecule is CC(C)(C)[C@@H](/C=C/c1ccc(Cl)cc1Cl)N=C1NC(=S)N(c2cccc(O)c2)C12CCCCC2. The molecule has 2 fully saturated rings. The molecule has 180 valence electrons. The Morgan fingerprint density at radius 1 is 1.12 bits per heavy atom. The Hall–Kier alpha value is -2.08. The Balaban J connectivity index is 1.75. The number of aliphatic imine (C=N–C) groups is 1. The molecule has 2 aliphatic rings. The van der Waals surface area contributed by atoms with Crippen molar-refractivity contribution in [2.45, 2.75) is 64.5 Å². The van der Waals surface area contributed by atoms with E-state index in [4.69, 9.17) is 40.4 Å². The van der Waals surface area contributed by atoms with Crippen LogP contribution in [0, 0.1) is 5.41 Å². The van der Waals surface area contributed by atoms with Crippen LogP contribution in [0.1, 0.15) is 58.4 Å². The first-order valence-corrected chi connectivity index (χ1v) is 12.9. The van der Waals surface area contributed by atoms with E-state index in [1.54, 1.807) is 18.2 Å². The minimum absolute atomic E-state index is 0.104. The number of thiocarbonyl (C=S) groups is 1. The van der Waals surface area contributed by atoms with Gasteiger partial charge in [-0.25, -0.2) is 0 Å². The molecule has 1 atom stereocenters. The molecule has 0 unspecified atom stereocenters. The van der Waals surface area contributed by atoms with Crippen molar-refractivity contribution in [2.75, 3.05) is 4.90 Å². The number of anilines is 1. The van der Waals surface area contributed by atoms with Crippen LogP contribution in [-0.2, 0) is 0 Å². The van der Waals surface area contributed by atoms with Crippen LogP contribution in [0.15, 0.2) is 53.5 Å². The molecule has 4 nitrogen and oxygen atoms in total. The number of amidine groups is 1. The number of aromatic hydroxyl groups is 1. The number of hydrogen-bond acceptors (Lipinski definition) is 3. The molecule has 0 aromatic heterocycles. The summed E-state index contributed by atoms with van der Waals surface area (Å²) in [6, 6.07) is 12.7. The number of benzene rings is 2. The maximum atomic E-state index is 10.1. The van der Waals surface area contributed by atoms with Gasteiger partial charge in [0.2, 0.25) is 0 Å². The van der Waals surface area contributed by atoms with Gasteiger partial charge in [-0.15, -0.1) is 0 Å². The van der Waals surface area contributed by atoms with Crippen molar-refractivity contribution in [3.63, 3.8) is 0 Å². The van der Waals surface area contributed by atoms with Crippen LogP contribution >= 0.6 is 35.4 Å². The smallest absolute Gasteiger partial charge is 0.179 e. The summed E-state index contributed by atoms with van der Waals surface area (Å²) in [4.78, 5) is 7.46. The third-order valence-corrected chi connectivity index (χ3v) is 7.49. The number of phenolic OH excluding ortho intramolecular Hbond substituents is 1. The van der Waals surface area contributed by atoms with Crippen LogP contribution in [-0.4, -0.2) is 27.6 Å². The van der Waals surface area contributed by atoms with Crippen LogP contribution in [0.3, 0.4) is 0 Å². The Kier molecular flexibility index (Phi) is 7.28. The number of nitrogens with zero attached hydrogens (tertiary/aromatic N) is 2. The molecule has 4 rings (SSSR count). The van der Waals surface area contributed by atoms with Gasteiger partial charge in [0.1, 0.15) is 17.1 Å². The highest BCUT2D eigenvalue weighted by molar-refractivity contribution is 7.80. The first-order chi connectivity index (χ1) is 16.1. The molecule has 1 spiro atoms. The van der Waals surface area contributed by atoms with Crippen LogP contribution in [0.25, 0.3) is 6.08 Å². The Labute approximate surface area is 217 Å². The van der Waals surface area contributed by atoms with Gasteiger partial charge in [0.15, 0.2) is 5.11 Å². The van der Waals surface area contributed by atoms with Crippen molar-refractivity contribution in [1.82, 2.24) is 5.32 Å². The molecule has 1 saturated carbocycles. The molecule has 1 saturated heterocycles. The number of rotatable bonds is 4. The molecule has 2 aromatic rings. The van der Waals surface area contributed by atoms with Gasteiger partial charge in [0, 0.05) is 21.8 Å². The molecule has 0 radical (unpaired) electrons. The molecule has 1 heterocycles. The van der Waals surface area contributed by atoms with E-state index >= 15 is 0 Å². The average Bonchev–Trinajstić information content (AvgIpc) is 3.02. The molecule has 2 aromatic carbocycles. The fourth-order valence-corrected chi connectivity index (χ4v) is 5.66. The van der Waals surface area contributed by atoms with E-state index in [0.29, 0.717) is 15.2 Å². The standard InChI is InChI=1S/C27H31Cl2N3OS/c1-26(2,3)23(13-11-18-10-12-19(28)16-22(18)29)30-24-27(14-5-4-6-15-27)32(25(34)31-24)20-8-7-9-21(33)17-20/h7-13,16-17,23,33H,4-6,14-15H2,1-3H3,(H,30,31,34)/b13-11+/t23-/m1/s1. The highest BCUT2D eigenvalue weighted by Crippen LogP contribution is 2.42. The monoisotopic (exact) mass is 515 g/mol. The van der Waals surface area contributed by atoms with Gasteiger partial charge in [0.25, 0.3) is 0 Å². The zero-order valence-electron chi connectivity index (χ0n) is 19.8. The quantitative estimate of drug-likeness (QED) is 0.411. The van der Waals surface area contributed by atoms with Crippen LogP contribution in [0.5, 0.6) is 5.75 Å². The summed E-state index contributed by atoms with van der Waals surface area (Å²) in [5.74, 6) is 1.14. The van der Waals surface area contributed by atoms with Crippen molar-refractivity contribution >= 4 is 58.1 Å². The lowest BCUT2D eigenvalue weighted by atomic mass is 9.79. The van der Waals surface area contributed by atoms with E-state index < -0.39 is 0 Å². The highest BCUT2D eigenvalue weighted by Gasteiger charge is 2.50. The number of halogens is 2. The van der Waals surface area contributed by atoms with E-state index in [0.717, 1.165) is 42.8 Å². The number of hydrogen-bond donors (Lipinski definition) is 2. The Morgan fingerprint density at radius 3 is 2.50 bits per heavy atom. The second-order valence-corrected chi connectivity index (χ2v) is 11.4. The molecular formula is C27H31Cl2N3OS. The minimum Gasteiger partial charge on any atom is -0.508 e. The summed E-state index contributed by atoms with van der Waals surface area (Å²) in [6.45, 7) is 6.55. The van der Waals surface area contributed by atoms with Gasteiger partial charge in [0.05, 0.1) is 6.04 Å². The molecule has 1 aliphatic heterocycles. The summed E-state index contributed by atoms with van der Waals surface area (Å²) in [5, 5.41) is 15.4. The zero-order valence-corrected chi connectivity index (χ0v) is 22.1. The summed E-state index contributed by atoms with van der Waals surface area (Å²) < 4.78 is 0. The lowest BCUT2D eigenvalue weighted by Crippen LogP contribution is -2.51. The summed E-state index contributed by atoms with van der Waals surface area (Å²) in [7, 11) is 0. The number of nitrogens with one attached hydrogen (secondary N) is 1. The van der Waals surface area contributed by atoms with Crippen LogP contribution in [0.2, 0.25) is 10.0 Å². The molecule has 1 aliphatic carbocycles. The average molecular weight is 517 g/mol. The third-order valence-electron chi connectivity index (χ3n) is 6.64. The summed E-state index contributed by atoms with van der Waals surface area (Å²) in [5.41, 5.74) is 1.34. The lowest BCUT2D eigenvalue weighted by Gasteiger charge is -2.41. The van der Waals surface area contributed by atoms with E-state index in [1.165, 1.54) is 6.42 Å². The lowest BCUT2D eigenvalue weighted by molar-refractivity contribution is 0.357. The second kappa shape index (κ2) is 9.88. The Morgan fingerprint density at radius 2 is 1.85 bits per heavy atom. The Bertz CT molecular complexity index is 1130. The summed E-state index contributed by atoms with van der Waals surface area (Å²) in [6.07, 6.45) is 9.46. The second-order valence-electron chi connectivity index (χ2n) is 10.2. The highest BCUT2D eigenvalue weighted by atomic mass is 35.5. The predicted octanol–water partition coefficient (Wildman–Crippen LogP) is 7.62. The normalized spacial score (nSPS) is 20.3. The maximum absolute atomic E-state index is 10.1. The van der Waals surface area contributed by atoms with Crippen LogP contribution < -0.4 is 10.2 Å². The van der Waals surface area contributed by atoms with E-state index in [-0.39, 0.29) is 22.7 Å². The van der Waals surface area contributed by atoms with Gasteiger partial charge in [-0.1, -0.05) is 87.5 Å². The van der Waals surface area contributed by atoms with Gasteiger partial charge < -0.3 is 15.3 Å². The first kappa shape index (κ1) is 25.0. The van der Waals surface area contributed by atoms with E-state index in [1.807, 2.05) is 30.3 Å². The molecular weight excluding hydrogens is 485 g/mol. The van der Waals surface area contributed by atoms with Crippen molar-refractivity contribution in [3.05, 3.63) is 64.1 Å². The largest absolute Gasteiger partial charge is 0.508 e.